The summed E-state index contributed by atoms with van der Waals surface area (Å²) in [5, 5.41) is 16.4. The minimum Gasteiger partial charge on any atom is -0.395 e. The fourth-order valence-corrected chi connectivity index (χ4v) is 1.51. The van der Waals surface area contributed by atoms with Gasteiger partial charge in [-0.3, -0.25) is 4.68 Å². The highest BCUT2D eigenvalue weighted by Gasteiger charge is 2.06. The van der Waals surface area contributed by atoms with Gasteiger partial charge in [0.2, 0.25) is 0 Å². The number of aliphatic hydroxyl groups excluding tert-OH is 1. The van der Waals surface area contributed by atoms with Crippen LogP contribution in [0, 0.1) is 13.8 Å². The van der Waals surface area contributed by atoms with E-state index < -0.39 is 0 Å². The largest absolute Gasteiger partial charge is 0.395 e. The zero-order chi connectivity index (χ0) is 10.6. The summed E-state index contributed by atoms with van der Waals surface area (Å²) in [7, 11) is 1.86. The summed E-state index contributed by atoms with van der Waals surface area (Å²) in [6.07, 6.45) is 0.898. The normalized spacial score (nSPS) is 13.1. The molecule has 0 aromatic carbocycles. The molecule has 1 heterocycles. The lowest BCUT2D eigenvalue weighted by Crippen LogP contribution is -2.30. The molecule has 1 atom stereocenters. The third-order valence-corrected chi connectivity index (χ3v) is 2.42. The molecule has 80 valence electrons. The van der Waals surface area contributed by atoms with Gasteiger partial charge in [-0.15, -0.1) is 0 Å². The summed E-state index contributed by atoms with van der Waals surface area (Å²) < 4.78 is 1.98. The van der Waals surface area contributed by atoms with E-state index in [0.717, 1.165) is 18.7 Å². The SMILES string of the molecule is CNC(CO)CCn1nc(C)cc1C. The van der Waals surface area contributed by atoms with Crippen LogP contribution in [0.3, 0.4) is 0 Å². The molecule has 1 rings (SSSR count). The van der Waals surface area contributed by atoms with Gasteiger partial charge in [0.05, 0.1) is 12.3 Å². The summed E-state index contributed by atoms with van der Waals surface area (Å²) >= 11 is 0. The maximum Gasteiger partial charge on any atom is 0.0596 e. The first-order chi connectivity index (χ1) is 6.67. The third-order valence-electron chi connectivity index (χ3n) is 2.42. The van der Waals surface area contributed by atoms with E-state index in [2.05, 4.69) is 16.5 Å². The molecule has 0 spiro atoms. The highest BCUT2D eigenvalue weighted by atomic mass is 16.3. The van der Waals surface area contributed by atoms with Gasteiger partial charge in [-0.05, 0) is 33.4 Å². The molecule has 2 N–H and O–H groups in total. The number of hydrogen-bond acceptors (Lipinski definition) is 3. The second-order valence-corrected chi connectivity index (χ2v) is 3.61. The Labute approximate surface area is 84.9 Å². The van der Waals surface area contributed by atoms with Crippen LogP contribution >= 0.6 is 0 Å². The van der Waals surface area contributed by atoms with E-state index in [4.69, 9.17) is 5.11 Å². The average molecular weight is 197 g/mol. The molecular weight excluding hydrogens is 178 g/mol. The number of hydrogen-bond donors (Lipinski definition) is 2. The number of likely N-dealkylation sites (N-methyl/N-ethyl adjacent to an activating group) is 1. The Kier molecular flexibility index (Phi) is 4.10. The maximum atomic E-state index is 8.99. The highest BCUT2D eigenvalue weighted by molar-refractivity contribution is 5.06. The number of nitrogens with zero attached hydrogens (tertiary/aromatic N) is 2. The van der Waals surface area contributed by atoms with Gasteiger partial charge in [-0.1, -0.05) is 0 Å². The molecular formula is C10H19N3O. The van der Waals surface area contributed by atoms with Crippen LogP contribution in [0.1, 0.15) is 17.8 Å². The van der Waals surface area contributed by atoms with Crippen molar-refractivity contribution in [1.82, 2.24) is 15.1 Å². The first-order valence-electron chi connectivity index (χ1n) is 4.96. The lowest BCUT2D eigenvalue weighted by atomic mass is 10.2. The Morgan fingerprint density at radius 2 is 2.29 bits per heavy atom. The van der Waals surface area contributed by atoms with E-state index >= 15 is 0 Å². The minimum atomic E-state index is 0.166. The number of aryl methyl sites for hydroxylation is 3. The number of aliphatic hydroxyl groups is 1. The van der Waals surface area contributed by atoms with Crippen LogP contribution in [0.5, 0.6) is 0 Å². The lowest BCUT2D eigenvalue weighted by molar-refractivity contribution is 0.236. The van der Waals surface area contributed by atoms with E-state index in [0.29, 0.717) is 0 Å². The van der Waals surface area contributed by atoms with Crippen molar-refractivity contribution in [3.63, 3.8) is 0 Å². The summed E-state index contributed by atoms with van der Waals surface area (Å²) in [6, 6.07) is 2.23. The van der Waals surface area contributed by atoms with E-state index in [1.54, 1.807) is 0 Å². The van der Waals surface area contributed by atoms with E-state index in [1.165, 1.54) is 5.69 Å². The van der Waals surface area contributed by atoms with E-state index in [9.17, 15) is 0 Å². The van der Waals surface area contributed by atoms with Gasteiger partial charge in [0, 0.05) is 18.3 Å². The Morgan fingerprint density at radius 3 is 2.71 bits per heavy atom. The van der Waals surface area contributed by atoms with Crippen LogP contribution in [-0.4, -0.2) is 34.6 Å². The molecule has 0 amide bonds. The topological polar surface area (TPSA) is 50.1 Å². The van der Waals surface area contributed by atoms with Crippen molar-refractivity contribution in [3.05, 3.63) is 17.5 Å². The fraction of sp³-hybridized carbons (Fsp3) is 0.700. The first-order valence-corrected chi connectivity index (χ1v) is 4.96. The quantitative estimate of drug-likeness (QED) is 0.721. The van der Waals surface area contributed by atoms with Crippen molar-refractivity contribution in [1.29, 1.82) is 0 Å². The molecule has 0 fully saturated rings. The van der Waals surface area contributed by atoms with Gasteiger partial charge < -0.3 is 10.4 Å². The fourth-order valence-electron chi connectivity index (χ4n) is 1.51. The monoisotopic (exact) mass is 197 g/mol. The van der Waals surface area contributed by atoms with Crippen LogP contribution in [0.2, 0.25) is 0 Å². The smallest absolute Gasteiger partial charge is 0.0596 e. The third kappa shape index (κ3) is 2.82. The zero-order valence-corrected chi connectivity index (χ0v) is 9.12. The Bertz CT molecular complexity index is 279. The van der Waals surface area contributed by atoms with Crippen LogP contribution in [0.25, 0.3) is 0 Å². The van der Waals surface area contributed by atoms with Gasteiger partial charge in [-0.2, -0.15) is 5.10 Å². The lowest BCUT2D eigenvalue weighted by Gasteiger charge is -2.13. The van der Waals surface area contributed by atoms with Gasteiger partial charge >= 0.3 is 0 Å². The molecule has 0 radical (unpaired) electrons. The van der Waals surface area contributed by atoms with Crippen molar-refractivity contribution in [2.45, 2.75) is 32.9 Å². The highest BCUT2D eigenvalue weighted by Crippen LogP contribution is 2.03. The van der Waals surface area contributed by atoms with Gasteiger partial charge in [0.25, 0.3) is 0 Å². The number of nitrogens with one attached hydrogen (secondary N) is 1. The molecule has 0 aliphatic carbocycles. The van der Waals surface area contributed by atoms with E-state index in [-0.39, 0.29) is 12.6 Å². The summed E-state index contributed by atoms with van der Waals surface area (Å²) in [4.78, 5) is 0. The first kappa shape index (κ1) is 11.2. The molecule has 0 aliphatic heterocycles. The van der Waals surface area contributed by atoms with Gasteiger partial charge in [-0.25, -0.2) is 0 Å². The van der Waals surface area contributed by atoms with Crippen molar-refractivity contribution < 1.29 is 5.11 Å². The molecule has 14 heavy (non-hydrogen) atoms. The van der Waals surface area contributed by atoms with E-state index in [1.807, 2.05) is 25.6 Å². The van der Waals surface area contributed by atoms with Crippen LogP contribution < -0.4 is 5.32 Å². The van der Waals surface area contributed by atoms with Crippen molar-refractivity contribution >= 4 is 0 Å². The summed E-state index contributed by atoms with van der Waals surface area (Å²) in [5.41, 5.74) is 2.22. The molecule has 4 heteroatoms. The van der Waals surface area contributed by atoms with Gasteiger partial charge in [0.1, 0.15) is 0 Å². The molecule has 0 saturated carbocycles. The summed E-state index contributed by atoms with van der Waals surface area (Å²) in [6.45, 7) is 5.07. The van der Waals surface area contributed by atoms with Gasteiger partial charge in [0.15, 0.2) is 0 Å². The second kappa shape index (κ2) is 5.12. The van der Waals surface area contributed by atoms with Crippen LogP contribution in [0.15, 0.2) is 6.07 Å². The zero-order valence-electron chi connectivity index (χ0n) is 9.12. The molecule has 1 aromatic rings. The standard InChI is InChI=1S/C10H19N3O/c1-8-6-9(2)13(12-8)5-4-10(7-14)11-3/h6,10-11,14H,4-5,7H2,1-3H3. The average Bonchev–Trinajstić information content (AvgIpc) is 2.47. The molecule has 1 unspecified atom stereocenters. The Balaban J connectivity index is 2.48. The number of rotatable bonds is 5. The predicted octanol–water partition coefficient (Wildman–Crippen LogP) is 0.470. The predicted molar refractivity (Wildman–Crippen MR) is 56.3 cm³/mol. The molecule has 4 nitrogen and oxygen atoms in total. The molecule has 0 bridgehead atoms. The van der Waals surface area contributed by atoms with Crippen molar-refractivity contribution in [3.8, 4) is 0 Å². The van der Waals surface area contributed by atoms with Crippen molar-refractivity contribution in [2.75, 3.05) is 13.7 Å². The summed E-state index contributed by atoms with van der Waals surface area (Å²) in [5.74, 6) is 0. The van der Waals surface area contributed by atoms with Crippen LogP contribution in [-0.2, 0) is 6.54 Å². The minimum absolute atomic E-state index is 0.166. The van der Waals surface area contributed by atoms with Crippen LogP contribution in [0.4, 0.5) is 0 Å². The Morgan fingerprint density at radius 1 is 1.57 bits per heavy atom. The molecule has 1 aromatic heterocycles. The molecule has 0 saturated heterocycles. The Hall–Kier alpha value is -0.870. The second-order valence-electron chi connectivity index (χ2n) is 3.61. The maximum absolute atomic E-state index is 8.99. The molecule has 0 aliphatic rings. The van der Waals surface area contributed by atoms with Crippen molar-refractivity contribution in [2.24, 2.45) is 0 Å². The number of aromatic nitrogens is 2.